The van der Waals surface area contributed by atoms with Crippen molar-refractivity contribution in [2.75, 3.05) is 61.6 Å². The van der Waals surface area contributed by atoms with Gasteiger partial charge in [0.15, 0.2) is 5.11 Å². The maximum Gasteiger partial charge on any atom is 0.414 e. The monoisotopic (exact) mass is 394 g/mol. The van der Waals surface area contributed by atoms with E-state index in [4.69, 9.17) is 17.0 Å². The van der Waals surface area contributed by atoms with Crippen molar-refractivity contribution in [1.29, 1.82) is 0 Å². The number of benzene rings is 1. The van der Waals surface area contributed by atoms with Gasteiger partial charge in [-0.1, -0.05) is 0 Å². The molecule has 0 aromatic heterocycles. The molecular formula is C18H26N4O2S2. The van der Waals surface area contributed by atoms with Crippen LogP contribution < -0.4 is 15.1 Å². The second-order valence-corrected chi connectivity index (χ2v) is 8.28. The van der Waals surface area contributed by atoms with Crippen LogP contribution in [0.3, 0.4) is 0 Å². The van der Waals surface area contributed by atoms with E-state index in [0.717, 1.165) is 18.8 Å². The average Bonchev–Trinajstić information content (AvgIpc) is 2.84. The van der Waals surface area contributed by atoms with Crippen molar-refractivity contribution in [2.24, 2.45) is 0 Å². The van der Waals surface area contributed by atoms with E-state index in [9.17, 15) is 4.79 Å². The average molecular weight is 395 g/mol. The zero-order valence-electron chi connectivity index (χ0n) is 15.3. The predicted molar refractivity (Wildman–Crippen MR) is 112 cm³/mol. The number of thioether (sulfide) groups is 1. The van der Waals surface area contributed by atoms with Crippen LogP contribution in [0.2, 0.25) is 0 Å². The highest BCUT2D eigenvalue weighted by molar-refractivity contribution is 7.99. The topological polar surface area (TPSA) is 48.0 Å². The summed E-state index contributed by atoms with van der Waals surface area (Å²) in [7, 11) is 3.76. The van der Waals surface area contributed by atoms with Gasteiger partial charge in [-0.2, -0.15) is 11.8 Å². The number of anilines is 2. The highest BCUT2D eigenvalue weighted by Crippen LogP contribution is 2.26. The molecule has 0 radical (unpaired) electrons. The second-order valence-electron chi connectivity index (χ2n) is 6.67. The Hall–Kier alpha value is -1.67. The Bertz CT molecular complexity index is 631. The second kappa shape index (κ2) is 8.81. The Morgan fingerprint density at radius 3 is 2.73 bits per heavy atom. The van der Waals surface area contributed by atoms with Crippen LogP contribution >= 0.6 is 24.0 Å². The number of ether oxygens (including phenoxy) is 1. The lowest BCUT2D eigenvalue weighted by Gasteiger charge is -2.23. The number of rotatable bonds is 4. The van der Waals surface area contributed by atoms with Crippen molar-refractivity contribution < 1.29 is 9.53 Å². The molecular weight excluding hydrogens is 368 g/mol. The molecule has 1 amide bonds. The molecule has 1 aromatic rings. The highest BCUT2D eigenvalue weighted by Gasteiger charge is 2.32. The van der Waals surface area contributed by atoms with Gasteiger partial charge in [-0.05, 0) is 48.7 Å². The molecule has 6 nitrogen and oxygen atoms in total. The third-order valence-electron chi connectivity index (χ3n) is 4.51. The van der Waals surface area contributed by atoms with Crippen molar-refractivity contribution in [1.82, 2.24) is 10.2 Å². The highest BCUT2D eigenvalue weighted by atomic mass is 32.2. The Labute approximate surface area is 164 Å². The number of hydrogen-bond acceptors (Lipinski definition) is 5. The van der Waals surface area contributed by atoms with Crippen LogP contribution in [0, 0.1) is 0 Å². The molecule has 3 rings (SSSR count). The molecule has 0 saturated carbocycles. The molecule has 1 N–H and O–H groups in total. The van der Waals surface area contributed by atoms with Gasteiger partial charge in [-0.15, -0.1) is 0 Å². The van der Waals surface area contributed by atoms with Crippen LogP contribution in [-0.4, -0.2) is 74.0 Å². The van der Waals surface area contributed by atoms with Crippen molar-refractivity contribution in [3.05, 3.63) is 24.3 Å². The minimum atomic E-state index is -0.300. The minimum absolute atomic E-state index is 0.206. The molecule has 1 atom stereocenters. The van der Waals surface area contributed by atoms with Crippen LogP contribution in [0.5, 0.6) is 0 Å². The van der Waals surface area contributed by atoms with E-state index >= 15 is 0 Å². The zero-order chi connectivity index (χ0) is 18.5. The largest absolute Gasteiger partial charge is 0.442 e. The molecule has 0 aliphatic carbocycles. The lowest BCUT2D eigenvalue weighted by molar-refractivity contribution is 0.142. The lowest BCUT2D eigenvalue weighted by atomic mass is 10.2. The summed E-state index contributed by atoms with van der Waals surface area (Å²) in [5.74, 6) is 2.41. The van der Waals surface area contributed by atoms with Gasteiger partial charge in [-0.3, -0.25) is 4.90 Å². The number of hydrogen-bond donors (Lipinski definition) is 1. The Balaban J connectivity index is 1.58. The van der Waals surface area contributed by atoms with E-state index in [2.05, 4.69) is 22.3 Å². The number of nitrogens with one attached hydrogen (secondary N) is 1. The summed E-state index contributed by atoms with van der Waals surface area (Å²) in [6, 6.07) is 8.22. The molecule has 2 fully saturated rings. The summed E-state index contributed by atoms with van der Waals surface area (Å²) in [5.41, 5.74) is 2.10. The molecule has 0 unspecified atom stereocenters. The molecule has 142 valence electrons. The van der Waals surface area contributed by atoms with Gasteiger partial charge in [-0.25, -0.2) is 4.79 Å². The molecule has 1 aromatic carbocycles. The fourth-order valence-electron chi connectivity index (χ4n) is 3.05. The van der Waals surface area contributed by atoms with Gasteiger partial charge in [0.1, 0.15) is 6.10 Å². The first-order chi connectivity index (χ1) is 12.5. The first kappa shape index (κ1) is 19.1. The van der Waals surface area contributed by atoms with E-state index in [1.54, 1.807) is 4.90 Å². The fourth-order valence-corrected chi connectivity index (χ4v) is 4.02. The normalized spacial score (nSPS) is 20.5. The van der Waals surface area contributed by atoms with Crippen molar-refractivity contribution in [3.8, 4) is 0 Å². The number of nitrogens with zero attached hydrogens (tertiary/aromatic N) is 3. The van der Waals surface area contributed by atoms with Crippen LogP contribution in [0.4, 0.5) is 16.2 Å². The predicted octanol–water partition coefficient (Wildman–Crippen LogP) is 2.39. The van der Waals surface area contributed by atoms with Gasteiger partial charge in [0.25, 0.3) is 0 Å². The fraction of sp³-hybridized carbons (Fsp3) is 0.556. The SMILES string of the molecule is CN(C)C(=S)NC[C@H]1CN(c2ccc(N3CCCSCC3)cc2)C(=O)O1. The van der Waals surface area contributed by atoms with Gasteiger partial charge >= 0.3 is 6.09 Å². The van der Waals surface area contributed by atoms with Crippen LogP contribution in [0.1, 0.15) is 6.42 Å². The van der Waals surface area contributed by atoms with Crippen molar-refractivity contribution >= 4 is 46.6 Å². The summed E-state index contributed by atoms with van der Waals surface area (Å²) in [4.78, 5) is 18.1. The number of thiocarbonyl (C=S) groups is 1. The summed E-state index contributed by atoms with van der Waals surface area (Å²) in [6.45, 7) is 3.22. The van der Waals surface area contributed by atoms with Crippen molar-refractivity contribution in [3.63, 3.8) is 0 Å². The molecule has 26 heavy (non-hydrogen) atoms. The first-order valence-corrected chi connectivity index (χ1v) is 10.5. The van der Waals surface area contributed by atoms with Gasteiger partial charge in [0.05, 0.1) is 13.1 Å². The number of carbonyl (C=O) groups is 1. The third kappa shape index (κ3) is 4.73. The van der Waals surface area contributed by atoms with E-state index in [0.29, 0.717) is 18.2 Å². The molecule has 0 spiro atoms. The maximum atomic E-state index is 12.2. The smallest absolute Gasteiger partial charge is 0.414 e. The standard InChI is InChI=1S/C18H26N4O2S2/c1-20(2)17(25)19-12-16-13-22(18(23)24-16)15-6-4-14(5-7-15)21-8-3-10-26-11-9-21/h4-7,16H,3,8-13H2,1-2H3,(H,19,25)/t16-/m0/s1. The Kier molecular flexibility index (Phi) is 6.48. The molecule has 2 heterocycles. The van der Waals surface area contributed by atoms with Crippen LogP contribution in [-0.2, 0) is 4.74 Å². The number of amides is 1. The third-order valence-corrected chi connectivity index (χ3v) is 6.07. The molecule has 0 bridgehead atoms. The minimum Gasteiger partial charge on any atom is -0.442 e. The number of carbonyl (C=O) groups excluding carboxylic acids is 1. The zero-order valence-corrected chi connectivity index (χ0v) is 16.9. The van der Waals surface area contributed by atoms with Crippen molar-refractivity contribution in [2.45, 2.75) is 12.5 Å². The van der Waals surface area contributed by atoms with Crippen LogP contribution in [0.15, 0.2) is 24.3 Å². The lowest BCUT2D eigenvalue weighted by Crippen LogP contribution is -2.40. The number of cyclic esters (lactones) is 1. The molecule has 8 heteroatoms. The van der Waals surface area contributed by atoms with E-state index < -0.39 is 0 Å². The molecule has 2 saturated heterocycles. The van der Waals surface area contributed by atoms with E-state index in [1.807, 2.05) is 42.9 Å². The summed E-state index contributed by atoms with van der Waals surface area (Å²) in [6.07, 6.45) is 0.711. The summed E-state index contributed by atoms with van der Waals surface area (Å²) < 4.78 is 5.45. The molecule has 2 aliphatic heterocycles. The van der Waals surface area contributed by atoms with Gasteiger partial charge in [0.2, 0.25) is 0 Å². The summed E-state index contributed by atoms with van der Waals surface area (Å²) in [5, 5.41) is 3.76. The quantitative estimate of drug-likeness (QED) is 0.787. The summed E-state index contributed by atoms with van der Waals surface area (Å²) >= 11 is 7.22. The molecule has 2 aliphatic rings. The van der Waals surface area contributed by atoms with E-state index in [-0.39, 0.29) is 12.2 Å². The van der Waals surface area contributed by atoms with Gasteiger partial charge < -0.3 is 19.9 Å². The van der Waals surface area contributed by atoms with Gasteiger partial charge in [0, 0.05) is 44.3 Å². The first-order valence-electron chi connectivity index (χ1n) is 8.90. The van der Waals surface area contributed by atoms with E-state index in [1.165, 1.54) is 23.6 Å². The maximum absolute atomic E-state index is 12.2. The Morgan fingerprint density at radius 1 is 1.27 bits per heavy atom. The van der Waals surface area contributed by atoms with Crippen LogP contribution in [0.25, 0.3) is 0 Å². The Morgan fingerprint density at radius 2 is 2.00 bits per heavy atom.